The van der Waals surface area contributed by atoms with E-state index in [1.54, 1.807) is 0 Å². The number of rotatable bonds is 0. The van der Waals surface area contributed by atoms with Gasteiger partial charge in [-0.25, -0.2) is 0 Å². The summed E-state index contributed by atoms with van der Waals surface area (Å²) in [6.45, 7) is 4.00. The quantitative estimate of drug-likeness (QED) is 0.658. The molecule has 2 fully saturated rings. The lowest BCUT2D eigenvalue weighted by molar-refractivity contribution is 0.126. The zero-order chi connectivity index (χ0) is 15.7. The summed E-state index contributed by atoms with van der Waals surface area (Å²) in [5, 5.41) is 9.68. The molecule has 0 heterocycles. The highest BCUT2D eigenvalue weighted by Gasteiger charge is 2.47. The van der Waals surface area contributed by atoms with Gasteiger partial charge in [-0.05, 0) is 85.5 Å². The molecule has 1 aromatic rings. The van der Waals surface area contributed by atoms with E-state index < -0.39 is 0 Å². The Morgan fingerprint density at radius 1 is 1.00 bits per heavy atom. The molecule has 0 saturated heterocycles. The van der Waals surface area contributed by atoms with Gasteiger partial charge in [0, 0.05) is 5.92 Å². The first-order chi connectivity index (χ1) is 10.8. The molecule has 22 heavy (non-hydrogen) atoms. The molecule has 3 aliphatic carbocycles. The number of hydrogen-bond donors (Lipinski definition) is 1. The minimum absolute atomic E-state index is 0.421. The zero-order valence-corrected chi connectivity index (χ0v) is 13.9. The van der Waals surface area contributed by atoms with Crippen molar-refractivity contribution in [3.8, 4) is 18.1 Å². The maximum atomic E-state index is 9.68. The fraction of sp³-hybridized carbons (Fsp3) is 0.619. The van der Waals surface area contributed by atoms with Crippen molar-refractivity contribution in [2.24, 2.45) is 23.7 Å². The van der Waals surface area contributed by atoms with Gasteiger partial charge in [-0.15, -0.1) is 12.3 Å². The molecule has 5 unspecified atom stereocenters. The molecule has 0 amide bonds. The number of aryl methyl sites for hydroxylation is 1. The van der Waals surface area contributed by atoms with Gasteiger partial charge in [0.25, 0.3) is 0 Å². The van der Waals surface area contributed by atoms with Gasteiger partial charge in [-0.3, -0.25) is 0 Å². The highest BCUT2D eigenvalue weighted by atomic mass is 16.3. The average molecular weight is 296 g/mol. The second-order valence-corrected chi connectivity index (χ2v) is 6.95. The van der Waals surface area contributed by atoms with E-state index in [1.165, 1.54) is 43.2 Å². The molecule has 1 N–H and O–H groups in total. The Morgan fingerprint density at radius 2 is 1.77 bits per heavy atom. The Morgan fingerprint density at radius 3 is 2.55 bits per heavy atom. The highest BCUT2D eigenvalue weighted by Crippen LogP contribution is 2.56. The smallest absolute Gasteiger partial charge is 0.115 e. The van der Waals surface area contributed by atoms with Gasteiger partial charge < -0.3 is 5.11 Å². The van der Waals surface area contributed by atoms with Crippen LogP contribution in [0.3, 0.4) is 0 Å². The maximum Gasteiger partial charge on any atom is 0.115 e. The van der Waals surface area contributed by atoms with Crippen LogP contribution in [-0.2, 0) is 6.42 Å². The minimum Gasteiger partial charge on any atom is -0.508 e. The Bertz CT molecular complexity index is 568. The lowest BCUT2D eigenvalue weighted by atomic mass is 9.60. The molecular weight excluding hydrogens is 268 g/mol. The van der Waals surface area contributed by atoms with Gasteiger partial charge in [0.1, 0.15) is 5.75 Å². The van der Waals surface area contributed by atoms with Crippen molar-refractivity contribution in [3.63, 3.8) is 0 Å². The summed E-state index contributed by atoms with van der Waals surface area (Å²) in [6, 6.07) is 6.03. The SMILES string of the molecule is C#CC1CCC2C1CCC1c3ccc(O)cc3CCC12.CC. The summed E-state index contributed by atoms with van der Waals surface area (Å²) >= 11 is 0. The molecule has 2 saturated carbocycles. The van der Waals surface area contributed by atoms with Crippen molar-refractivity contribution in [3.05, 3.63) is 29.3 Å². The van der Waals surface area contributed by atoms with Gasteiger partial charge >= 0.3 is 0 Å². The van der Waals surface area contributed by atoms with E-state index in [2.05, 4.69) is 12.0 Å². The Hall–Kier alpha value is -1.42. The Balaban J connectivity index is 0.000000693. The first kappa shape index (κ1) is 15.5. The first-order valence-electron chi connectivity index (χ1n) is 9.06. The number of aromatic hydroxyl groups is 1. The van der Waals surface area contributed by atoms with E-state index in [-0.39, 0.29) is 0 Å². The number of benzene rings is 1. The van der Waals surface area contributed by atoms with Crippen molar-refractivity contribution < 1.29 is 5.11 Å². The number of phenols is 1. The van der Waals surface area contributed by atoms with Gasteiger partial charge in [0.05, 0.1) is 0 Å². The molecule has 1 heteroatoms. The van der Waals surface area contributed by atoms with E-state index >= 15 is 0 Å². The predicted molar refractivity (Wildman–Crippen MR) is 91.8 cm³/mol. The third kappa shape index (κ3) is 2.43. The van der Waals surface area contributed by atoms with Crippen molar-refractivity contribution in [1.82, 2.24) is 0 Å². The number of hydrogen-bond acceptors (Lipinski definition) is 1. The maximum absolute atomic E-state index is 9.68. The van der Waals surface area contributed by atoms with Gasteiger partial charge in [-0.2, -0.15) is 0 Å². The fourth-order valence-corrected chi connectivity index (χ4v) is 5.43. The van der Waals surface area contributed by atoms with E-state index in [0.29, 0.717) is 11.7 Å². The molecule has 4 rings (SSSR count). The minimum atomic E-state index is 0.421. The van der Waals surface area contributed by atoms with Gasteiger partial charge in [0.15, 0.2) is 0 Å². The number of terminal acetylenes is 1. The molecular formula is C21H28O. The normalized spacial score (nSPS) is 35.2. The molecule has 0 spiro atoms. The van der Waals surface area contributed by atoms with Crippen LogP contribution in [0.4, 0.5) is 0 Å². The Kier molecular flexibility index (Phi) is 4.48. The molecule has 1 nitrogen and oxygen atoms in total. The molecule has 5 atom stereocenters. The van der Waals surface area contributed by atoms with E-state index in [4.69, 9.17) is 6.42 Å². The van der Waals surface area contributed by atoms with Crippen LogP contribution >= 0.6 is 0 Å². The molecule has 118 valence electrons. The van der Waals surface area contributed by atoms with Crippen molar-refractivity contribution in [1.29, 1.82) is 0 Å². The molecule has 3 aliphatic rings. The second-order valence-electron chi connectivity index (χ2n) is 6.95. The lowest BCUT2D eigenvalue weighted by Gasteiger charge is -2.44. The van der Waals surface area contributed by atoms with E-state index in [1.807, 2.05) is 26.0 Å². The van der Waals surface area contributed by atoms with Crippen LogP contribution < -0.4 is 0 Å². The summed E-state index contributed by atoms with van der Waals surface area (Å²) < 4.78 is 0. The largest absolute Gasteiger partial charge is 0.508 e. The zero-order valence-electron chi connectivity index (χ0n) is 13.9. The summed E-state index contributed by atoms with van der Waals surface area (Å²) in [4.78, 5) is 0. The van der Waals surface area contributed by atoms with Crippen molar-refractivity contribution >= 4 is 0 Å². The Labute approximate surface area is 135 Å². The highest BCUT2D eigenvalue weighted by molar-refractivity contribution is 5.40. The summed E-state index contributed by atoms with van der Waals surface area (Å²) in [6.07, 6.45) is 13.3. The molecule has 0 bridgehead atoms. The fourth-order valence-electron chi connectivity index (χ4n) is 5.43. The molecule has 0 aromatic heterocycles. The van der Waals surface area contributed by atoms with Crippen LogP contribution in [-0.4, -0.2) is 5.11 Å². The van der Waals surface area contributed by atoms with Gasteiger partial charge in [-0.1, -0.05) is 19.9 Å². The monoisotopic (exact) mass is 296 g/mol. The van der Waals surface area contributed by atoms with Crippen LogP contribution in [0.1, 0.15) is 63.0 Å². The van der Waals surface area contributed by atoms with Gasteiger partial charge in [0.2, 0.25) is 0 Å². The lowest BCUT2D eigenvalue weighted by Crippen LogP contribution is -2.35. The van der Waals surface area contributed by atoms with Crippen LogP contribution in [0.2, 0.25) is 0 Å². The molecule has 0 radical (unpaired) electrons. The molecule has 1 aromatic carbocycles. The van der Waals surface area contributed by atoms with E-state index in [0.717, 1.165) is 30.1 Å². The number of fused-ring (bicyclic) bond motifs is 5. The summed E-state index contributed by atoms with van der Waals surface area (Å²) in [5.74, 6) is 7.22. The summed E-state index contributed by atoms with van der Waals surface area (Å²) in [7, 11) is 0. The van der Waals surface area contributed by atoms with Crippen LogP contribution in [0, 0.1) is 36.0 Å². The summed E-state index contributed by atoms with van der Waals surface area (Å²) in [5.41, 5.74) is 2.90. The standard InChI is InChI=1S/C19H22O.C2H6/c1-2-12-3-6-17-15(12)9-10-18-16-8-5-14(20)11-13(16)4-7-19(17)18;1-2/h1,5,8,11-12,15,17-20H,3-4,6-7,9-10H2;1-2H3. The third-order valence-electron chi connectivity index (χ3n) is 6.24. The average Bonchev–Trinajstić information content (AvgIpc) is 2.99. The number of phenolic OH excluding ortho intramolecular Hbond substituents is 1. The molecule has 0 aliphatic heterocycles. The third-order valence-corrected chi connectivity index (χ3v) is 6.24. The van der Waals surface area contributed by atoms with Crippen molar-refractivity contribution in [2.75, 3.05) is 0 Å². The van der Waals surface area contributed by atoms with Crippen LogP contribution in [0.15, 0.2) is 18.2 Å². The van der Waals surface area contributed by atoms with Crippen LogP contribution in [0.25, 0.3) is 0 Å². The van der Waals surface area contributed by atoms with Crippen LogP contribution in [0.5, 0.6) is 5.75 Å². The van der Waals surface area contributed by atoms with E-state index in [9.17, 15) is 5.11 Å². The topological polar surface area (TPSA) is 20.2 Å². The second kappa shape index (κ2) is 6.37. The van der Waals surface area contributed by atoms with Crippen molar-refractivity contribution in [2.45, 2.75) is 58.3 Å². The predicted octanol–water partition coefficient (Wildman–Crippen LogP) is 5.13. The first-order valence-corrected chi connectivity index (χ1v) is 9.06.